The highest BCUT2D eigenvalue weighted by Gasteiger charge is 2.03. The van der Waals surface area contributed by atoms with Crippen LogP contribution in [0, 0.1) is 5.82 Å². The monoisotopic (exact) mass is 219 g/mol. The van der Waals surface area contributed by atoms with Crippen LogP contribution in [-0.4, -0.2) is 15.6 Å². The Morgan fingerprint density at radius 3 is 3.00 bits per heavy atom. The van der Waals surface area contributed by atoms with Gasteiger partial charge in [0, 0.05) is 24.3 Å². The number of halogens is 1. The number of benzene rings is 1. The third-order valence-electron chi connectivity index (χ3n) is 2.27. The Morgan fingerprint density at radius 2 is 2.31 bits per heavy atom. The van der Waals surface area contributed by atoms with Gasteiger partial charge in [0.2, 0.25) is 0 Å². The Kier molecular flexibility index (Phi) is 3.01. The molecule has 3 nitrogen and oxygen atoms in total. The Labute approximate surface area is 93.7 Å². The summed E-state index contributed by atoms with van der Waals surface area (Å²) in [6.07, 6.45) is 4.27. The SMILES string of the molecule is CC(N)Cc1cn(-c2cccc(F)c2)cn1. The molecule has 16 heavy (non-hydrogen) atoms. The summed E-state index contributed by atoms with van der Waals surface area (Å²) in [4.78, 5) is 4.22. The quantitative estimate of drug-likeness (QED) is 0.856. The van der Waals surface area contributed by atoms with E-state index in [2.05, 4.69) is 4.98 Å². The van der Waals surface area contributed by atoms with Gasteiger partial charge in [-0.15, -0.1) is 0 Å². The van der Waals surface area contributed by atoms with Gasteiger partial charge in [-0.3, -0.25) is 0 Å². The van der Waals surface area contributed by atoms with E-state index in [1.54, 1.807) is 17.0 Å². The van der Waals surface area contributed by atoms with E-state index in [9.17, 15) is 4.39 Å². The zero-order chi connectivity index (χ0) is 11.5. The second-order valence-corrected chi connectivity index (χ2v) is 3.93. The van der Waals surface area contributed by atoms with Crippen molar-refractivity contribution in [3.05, 3.63) is 48.3 Å². The largest absolute Gasteiger partial charge is 0.328 e. The smallest absolute Gasteiger partial charge is 0.125 e. The average molecular weight is 219 g/mol. The lowest BCUT2D eigenvalue weighted by atomic mass is 10.2. The van der Waals surface area contributed by atoms with Crippen molar-refractivity contribution in [1.82, 2.24) is 9.55 Å². The van der Waals surface area contributed by atoms with Crippen LogP contribution in [0.2, 0.25) is 0 Å². The van der Waals surface area contributed by atoms with E-state index in [0.717, 1.165) is 17.8 Å². The van der Waals surface area contributed by atoms with Crippen molar-refractivity contribution >= 4 is 0 Å². The van der Waals surface area contributed by atoms with E-state index >= 15 is 0 Å². The number of nitrogens with zero attached hydrogens (tertiary/aromatic N) is 2. The Hall–Kier alpha value is -1.68. The van der Waals surface area contributed by atoms with Crippen LogP contribution >= 0.6 is 0 Å². The summed E-state index contributed by atoms with van der Waals surface area (Å²) < 4.78 is 14.8. The van der Waals surface area contributed by atoms with Crippen LogP contribution in [0.5, 0.6) is 0 Å². The van der Waals surface area contributed by atoms with Gasteiger partial charge in [0.05, 0.1) is 12.0 Å². The summed E-state index contributed by atoms with van der Waals surface area (Å²) >= 11 is 0. The second-order valence-electron chi connectivity index (χ2n) is 3.93. The molecule has 1 aromatic heterocycles. The normalized spacial score (nSPS) is 12.7. The molecule has 84 valence electrons. The van der Waals surface area contributed by atoms with Crippen molar-refractivity contribution in [2.45, 2.75) is 19.4 Å². The van der Waals surface area contributed by atoms with Crippen molar-refractivity contribution in [3.8, 4) is 5.69 Å². The number of aromatic nitrogens is 2. The van der Waals surface area contributed by atoms with Gasteiger partial charge in [-0.1, -0.05) is 6.07 Å². The molecule has 2 N–H and O–H groups in total. The van der Waals surface area contributed by atoms with Crippen LogP contribution in [0.1, 0.15) is 12.6 Å². The molecule has 0 aliphatic carbocycles. The first kappa shape index (κ1) is 10.8. The van der Waals surface area contributed by atoms with E-state index in [1.807, 2.05) is 19.2 Å². The molecule has 2 aromatic rings. The highest BCUT2D eigenvalue weighted by molar-refractivity contribution is 5.32. The number of hydrogen-bond acceptors (Lipinski definition) is 2. The minimum absolute atomic E-state index is 0.0795. The summed E-state index contributed by atoms with van der Waals surface area (Å²) in [5.41, 5.74) is 7.37. The fourth-order valence-corrected chi connectivity index (χ4v) is 1.58. The number of hydrogen-bond donors (Lipinski definition) is 1. The van der Waals surface area contributed by atoms with Crippen LogP contribution in [-0.2, 0) is 6.42 Å². The molecular weight excluding hydrogens is 205 g/mol. The zero-order valence-corrected chi connectivity index (χ0v) is 9.10. The summed E-state index contributed by atoms with van der Waals surface area (Å²) in [6, 6.07) is 6.48. The molecule has 0 amide bonds. The Bertz CT molecular complexity index is 477. The standard InChI is InChI=1S/C12H14FN3/c1-9(14)5-11-7-16(8-15-11)12-4-2-3-10(13)6-12/h2-4,6-9H,5,14H2,1H3. The number of nitrogens with two attached hydrogens (primary N) is 1. The minimum atomic E-state index is -0.250. The first-order valence-electron chi connectivity index (χ1n) is 5.19. The first-order chi connectivity index (χ1) is 7.65. The molecule has 0 bridgehead atoms. The molecule has 1 atom stereocenters. The predicted octanol–water partition coefficient (Wildman–Crippen LogP) is 1.90. The van der Waals surface area contributed by atoms with Gasteiger partial charge in [0.1, 0.15) is 5.82 Å². The van der Waals surface area contributed by atoms with Crippen LogP contribution < -0.4 is 5.73 Å². The van der Waals surface area contributed by atoms with Gasteiger partial charge in [0.15, 0.2) is 0 Å². The molecule has 0 spiro atoms. The van der Waals surface area contributed by atoms with Crippen LogP contribution in [0.15, 0.2) is 36.8 Å². The second kappa shape index (κ2) is 4.45. The van der Waals surface area contributed by atoms with E-state index in [4.69, 9.17) is 5.73 Å². The molecular formula is C12H14FN3. The molecule has 0 fully saturated rings. The lowest BCUT2D eigenvalue weighted by molar-refractivity contribution is 0.626. The number of rotatable bonds is 3. The van der Waals surface area contributed by atoms with Crippen molar-refractivity contribution < 1.29 is 4.39 Å². The molecule has 0 aliphatic heterocycles. The maximum atomic E-state index is 13.0. The molecule has 0 saturated carbocycles. The van der Waals surface area contributed by atoms with Gasteiger partial charge in [-0.2, -0.15) is 0 Å². The summed E-state index contributed by atoms with van der Waals surface area (Å²) in [7, 11) is 0. The van der Waals surface area contributed by atoms with E-state index in [1.165, 1.54) is 12.1 Å². The first-order valence-corrected chi connectivity index (χ1v) is 5.19. The third-order valence-corrected chi connectivity index (χ3v) is 2.27. The van der Waals surface area contributed by atoms with Gasteiger partial charge in [-0.05, 0) is 25.1 Å². The highest BCUT2D eigenvalue weighted by atomic mass is 19.1. The fourth-order valence-electron chi connectivity index (χ4n) is 1.58. The molecule has 0 radical (unpaired) electrons. The van der Waals surface area contributed by atoms with Gasteiger partial charge >= 0.3 is 0 Å². The van der Waals surface area contributed by atoms with Crippen LogP contribution in [0.4, 0.5) is 4.39 Å². The van der Waals surface area contributed by atoms with Crippen molar-refractivity contribution in [3.63, 3.8) is 0 Å². The summed E-state index contributed by atoms with van der Waals surface area (Å²) in [5, 5.41) is 0. The fraction of sp³-hybridized carbons (Fsp3) is 0.250. The minimum Gasteiger partial charge on any atom is -0.328 e. The van der Waals surface area contributed by atoms with E-state index in [-0.39, 0.29) is 11.9 Å². The topological polar surface area (TPSA) is 43.8 Å². The zero-order valence-electron chi connectivity index (χ0n) is 9.10. The van der Waals surface area contributed by atoms with Gasteiger partial charge < -0.3 is 10.3 Å². The maximum absolute atomic E-state index is 13.0. The van der Waals surface area contributed by atoms with Crippen molar-refractivity contribution in [2.75, 3.05) is 0 Å². The Morgan fingerprint density at radius 1 is 1.50 bits per heavy atom. The lowest BCUT2D eigenvalue weighted by Crippen LogP contribution is -2.17. The van der Waals surface area contributed by atoms with Crippen LogP contribution in [0.25, 0.3) is 5.69 Å². The highest BCUT2D eigenvalue weighted by Crippen LogP contribution is 2.11. The van der Waals surface area contributed by atoms with E-state index in [0.29, 0.717) is 0 Å². The lowest BCUT2D eigenvalue weighted by Gasteiger charge is -2.02. The molecule has 1 heterocycles. The predicted molar refractivity (Wildman–Crippen MR) is 60.9 cm³/mol. The van der Waals surface area contributed by atoms with E-state index < -0.39 is 0 Å². The summed E-state index contributed by atoms with van der Waals surface area (Å²) in [5.74, 6) is -0.250. The third kappa shape index (κ3) is 2.46. The maximum Gasteiger partial charge on any atom is 0.125 e. The van der Waals surface area contributed by atoms with Crippen molar-refractivity contribution in [2.24, 2.45) is 5.73 Å². The molecule has 0 aliphatic rings. The Balaban J connectivity index is 2.24. The number of imidazole rings is 1. The van der Waals surface area contributed by atoms with Crippen LogP contribution in [0.3, 0.4) is 0 Å². The molecule has 2 rings (SSSR count). The van der Waals surface area contributed by atoms with Gasteiger partial charge in [-0.25, -0.2) is 9.37 Å². The molecule has 4 heteroatoms. The molecule has 0 saturated heterocycles. The molecule has 1 unspecified atom stereocenters. The average Bonchev–Trinajstić information content (AvgIpc) is 2.65. The summed E-state index contributed by atoms with van der Waals surface area (Å²) in [6.45, 7) is 1.93. The van der Waals surface area contributed by atoms with Crippen molar-refractivity contribution in [1.29, 1.82) is 0 Å². The van der Waals surface area contributed by atoms with Gasteiger partial charge in [0.25, 0.3) is 0 Å². The molecule has 1 aromatic carbocycles.